The highest BCUT2D eigenvalue weighted by Crippen LogP contribution is 2.42. The molecule has 368 valence electrons. The molecule has 0 spiro atoms. The zero-order chi connectivity index (χ0) is 48.4. The first-order valence-electron chi connectivity index (χ1n) is 23.7. The number of piperazine rings is 1. The number of benzene rings is 2. The van der Waals surface area contributed by atoms with Crippen LogP contribution in [0.1, 0.15) is 69.0 Å². The number of aromatic hydroxyl groups is 1. The van der Waals surface area contributed by atoms with Crippen molar-refractivity contribution in [3.8, 4) is 33.3 Å². The summed E-state index contributed by atoms with van der Waals surface area (Å²) in [4.78, 5) is 61.8. The summed E-state index contributed by atoms with van der Waals surface area (Å²) in [6.07, 6.45) is 1.01. The lowest BCUT2D eigenvalue weighted by Crippen LogP contribution is -2.58. The Balaban J connectivity index is 0.752. The number of carbonyl (C=O) groups excluding carboxylic acids is 2. The number of anilines is 2. The van der Waals surface area contributed by atoms with Crippen LogP contribution in [-0.2, 0) is 18.7 Å². The minimum Gasteiger partial charge on any atom is -0.507 e. The van der Waals surface area contributed by atoms with Gasteiger partial charge in [0.1, 0.15) is 24.3 Å². The Kier molecular flexibility index (Phi) is 14.7. The monoisotopic (exact) mass is 984 g/mol. The molecule has 4 aliphatic rings. The molecule has 3 aromatic heterocycles. The molecule has 0 saturated carbocycles. The zero-order valence-electron chi connectivity index (χ0n) is 39.3. The number of thiazole rings is 1. The molecular formula is C48H61N10O9PS. The lowest BCUT2D eigenvalue weighted by atomic mass is 9.91. The molecular weight excluding hydrogens is 924 g/mol. The third-order valence-electron chi connectivity index (χ3n) is 13.9. The molecule has 0 unspecified atom stereocenters. The van der Waals surface area contributed by atoms with Gasteiger partial charge >= 0.3 is 7.82 Å². The number of hydrogen-bond donors (Lipinski definition) is 5. The summed E-state index contributed by atoms with van der Waals surface area (Å²) in [6, 6.07) is 17.5. The van der Waals surface area contributed by atoms with Gasteiger partial charge in [-0.05, 0) is 86.1 Å². The van der Waals surface area contributed by atoms with Crippen LogP contribution in [0.15, 0.2) is 70.7 Å². The van der Waals surface area contributed by atoms with E-state index in [0.717, 1.165) is 91.9 Å². The Bertz CT molecular complexity index is 2640. The van der Waals surface area contributed by atoms with Crippen LogP contribution < -0.4 is 20.3 Å². The van der Waals surface area contributed by atoms with Crippen LogP contribution >= 0.6 is 19.2 Å². The van der Waals surface area contributed by atoms with Crippen LogP contribution in [0, 0.1) is 18.8 Å². The summed E-state index contributed by atoms with van der Waals surface area (Å²) in [5.41, 5.74) is 6.96. The topological polar surface area (TPSA) is 232 Å². The van der Waals surface area contributed by atoms with Crippen molar-refractivity contribution in [3.63, 3.8) is 0 Å². The van der Waals surface area contributed by atoms with Crippen LogP contribution in [0.3, 0.4) is 0 Å². The van der Waals surface area contributed by atoms with E-state index in [2.05, 4.69) is 45.7 Å². The van der Waals surface area contributed by atoms with Crippen LogP contribution in [-0.4, -0.2) is 145 Å². The quantitative estimate of drug-likeness (QED) is 0.0750. The molecule has 5 atom stereocenters. The molecule has 0 radical (unpaired) electrons. The highest BCUT2D eigenvalue weighted by atomic mass is 32.1. The molecule has 19 nitrogen and oxygen atoms in total. The normalized spacial score (nSPS) is 21.1. The van der Waals surface area contributed by atoms with Crippen molar-refractivity contribution in [2.75, 3.05) is 75.7 Å². The highest BCUT2D eigenvalue weighted by molar-refractivity contribution is 7.46. The van der Waals surface area contributed by atoms with Gasteiger partial charge < -0.3 is 44.6 Å². The van der Waals surface area contributed by atoms with E-state index < -0.39 is 43.7 Å². The van der Waals surface area contributed by atoms with E-state index in [1.54, 1.807) is 35.0 Å². The molecule has 3 fully saturated rings. The first-order valence-corrected chi connectivity index (χ1v) is 26.1. The van der Waals surface area contributed by atoms with E-state index in [4.69, 9.17) is 13.8 Å². The van der Waals surface area contributed by atoms with E-state index in [-0.39, 0.29) is 36.3 Å². The Morgan fingerprint density at radius 1 is 1.00 bits per heavy atom. The van der Waals surface area contributed by atoms with Crippen molar-refractivity contribution in [1.29, 1.82) is 0 Å². The maximum Gasteiger partial charge on any atom is 0.469 e. The first-order chi connectivity index (χ1) is 33.2. The number of aryl methyl sites for hydroxylation is 1. The molecule has 9 rings (SSSR count). The number of para-hydroxylation sites is 1. The number of carbonyl (C=O) groups is 2. The molecule has 4 aliphatic heterocycles. The first kappa shape index (κ1) is 48.5. The van der Waals surface area contributed by atoms with Crippen LogP contribution in [0.25, 0.3) is 21.7 Å². The van der Waals surface area contributed by atoms with Crippen LogP contribution in [0.5, 0.6) is 11.6 Å². The number of phenolic OH excluding ortho intramolecular Hbond substituents is 1. The number of fused-ring (bicyclic) bond motifs is 3. The summed E-state index contributed by atoms with van der Waals surface area (Å²) in [5, 5.41) is 29.9. The van der Waals surface area contributed by atoms with Crippen molar-refractivity contribution in [1.82, 2.24) is 40.4 Å². The third-order valence-corrected chi connectivity index (χ3v) is 15.4. The highest BCUT2D eigenvalue weighted by Gasteiger charge is 2.46. The average molecular weight is 985 g/mol. The lowest BCUT2D eigenvalue weighted by molar-refractivity contribution is -0.141. The number of phenols is 1. The van der Waals surface area contributed by atoms with Gasteiger partial charge in [0.05, 0.1) is 45.7 Å². The van der Waals surface area contributed by atoms with Gasteiger partial charge in [-0.25, -0.2) is 9.55 Å². The average Bonchev–Trinajstić information content (AvgIpc) is 4.09. The second kappa shape index (κ2) is 20.9. The van der Waals surface area contributed by atoms with Gasteiger partial charge in [0, 0.05) is 63.9 Å². The summed E-state index contributed by atoms with van der Waals surface area (Å²) >= 11 is 1.55. The molecule has 0 bridgehead atoms. The lowest BCUT2D eigenvalue weighted by Gasteiger charge is -2.47. The molecule has 5 N–H and O–H groups in total. The summed E-state index contributed by atoms with van der Waals surface area (Å²) < 4.78 is 28.7. The van der Waals surface area contributed by atoms with E-state index in [9.17, 15) is 29.0 Å². The fraction of sp³-hybridized carbons (Fsp3) is 0.500. The number of nitrogens with one attached hydrogen (secondary N) is 2. The SMILES string of the molecule is Cc1ncsc1-c1ccc([C@H](C)NC(=O)[C@@H]2C[C@@H](OP(=O)(O)O)CN2C(=O)[C@@H](c2cc(OCCN3CCC(CN4CCN5c6cc(-c7ccccc7O)nnc6NC[C@H]5C4)CC3)no2)C(C)C)cc1. The Morgan fingerprint density at radius 2 is 1.78 bits per heavy atom. The van der Waals surface area contributed by atoms with Crippen LogP contribution in [0.2, 0.25) is 0 Å². The van der Waals surface area contributed by atoms with Crippen molar-refractivity contribution in [3.05, 3.63) is 83.2 Å². The minimum absolute atomic E-state index is 0.100. The Labute approximate surface area is 405 Å². The molecule has 2 aromatic carbocycles. The number of hydrogen-bond acceptors (Lipinski definition) is 16. The molecule has 3 saturated heterocycles. The number of likely N-dealkylation sites (tertiary alicyclic amines) is 2. The summed E-state index contributed by atoms with van der Waals surface area (Å²) in [6.45, 7) is 15.0. The van der Waals surface area contributed by atoms with E-state index in [0.29, 0.717) is 36.4 Å². The number of phosphoric ester groups is 1. The predicted octanol–water partition coefficient (Wildman–Crippen LogP) is 5.67. The van der Waals surface area contributed by atoms with Gasteiger partial charge in [-0.2, -0.15) is 0 Å². The summed E-state index contributed by atoms with van der Waals surface area (Å²) in [7, 11) is -4.92. The standard InChI is InChI=1S/C48H61N10O9PS/c1-29(2)44(48(61)58-27-36(67-68(62,63)64)21-40(58)47(60)51-30(3)33-9-11-34(12-10-33)45-31(4)50-28-69-45)42-23-43(54-66-42)65-20-19-55-15-13-32(14-16-55)25-56-17-18-57-35(26-56)24-49-46-39(57)22-38(52-53-46)37-7-5-6-8-41(37)59/h5-12,22-23,28-30,32,35-36,40,44,59H,13-21,24-27H2,1-4H3,(H,49,53)(H,51,60)(H2,62,63,64)/t30-,35-,36+,40-,44+/m0/s1. The third kappa shape index (κ3) is 11.3. The van der Waals surface area contributed by atoms with Gasteiger partial charge in [-0.1, -0.05) is 50.2 Å². The second-order valence-corrected chi connectivity index (χ2v) is 21.0. The van der Waals surface area contributed by atoms with Crippen molar-refractivity contribution >= 4 is 42.5 Å². The number of piperidine rings is 1. The number of aromatic nitrogens is 4. The van der Waals surface area contributed by atoms with Crippen molar-refractivity contribution in [2.45, 2.75) is 77.1 Å². The predicted molar refractivity (Wildman–Crippen MR) is 260 cm³/mol. The maximum atomic E-state index is 14.4. The molecule has 69 heavy (non-hydrogen) atoms. The van der Waals surface area contributed by atoms with Crippen molar-refractivity contribution in [2.24, 2.45) is 11.8 Å². The fourth-order valence-corrected chi connectivity index (χ4v) is 11.6. The maximum absolute atomic E-state index is 14.4. The van der Waals surface area contributed by atoms with E-state index >= 15 is 0 Å². The molecule has 7 heterocycles. The van der Waals surface area contributed by atoms with Crippen molar-refractivity contribution < 1.29 is 42.8 Å². The van der Waals surface area contributed by atoms with E-state index in [1.807, 2.05) is 70.2 Å². The Hall–Kier alpha value is -5.47. The number of rotatable bonds is 16. The second-order valence-electron chi connectivity index (χ2n) is 19.0. The molecule has 21 heteroatoms. The van der Waals surface area contributed by atoms with E-state index in [1.165, 1.54) is 4.90 Å². The van der Waals surface area contributed by atoms with Gasteiger partial charge in [0.2, 0.25) is 11.8 Å². The van der Waals surface area contributed by atoms with Gasteiger partial charge in [0.15, 0.2) is 11.6 Å². The van der Waals surface area contributed by atoms with Gasteiger partial charge in [-0.15, -0.1) is 21.5 Å². The van der Waals surface area contributed by atoms with Crippen LogP contribution in [0.4, 0.5) is 11.5 Å². The number of ether oxygens (including phenoxy) is 1. The minimum atomic E-state index is -4.92. The van der Waals surface area contributed by atoms with Gasteiger partial charge in [-0.3, -0.25) is 23.9 Å². The Morgan fingerprint density at radius 3 is 2.51 bits per heavy atom. The number of amides is 2. The largest absolute Gasteiger partial charge is 0.507 e. The molecule has 2 amide bonds. The molecule has 0 aliphatic carbocycles. The number of nitrogens with zero attached hydrogens (tertiary/aromatic N) is 8. The molecule has 5 aromatic rings. The van der Waals surface area contributed by atoms with Gasteiger partial charge in [0.25, 0.3) is 5.88 Å². The summed E-state index contributed by atoms with van der Waals surface area (Å²) in [5.74, 6) is 0.0354. The smallest absolute Gasteiger partial charge is 0.469 e. The number of phosphoric acid groups is 1. The fourth-order valence-electron chi connectivity index (χ4n) is 10.2. The zero-order valence-corrected chi connectivity index (χ0v) is 41.0.